The summed E-state index contributed by atoms with van der Waals surface area (Å²) in [6, 6.07) is 0. The number of rotatable bonds is 3. The Balaban J connectivity index is 3.07. The molecule has 0 aromatic carbocycles. The van der Waals surface area contributed by atoms with Gasteiger partial charge in [0.2, 0.25) is 0 Å². The molecule has 0 saturated carbocycles. The standard InChI is InChI=1S/C5H10N2S/c1-3-6-4-5-7-8-2/h3-5,7H,1-2H3/b5-4-,6-3?. The molecule has 0 heterocycles. The van der Waals surface area contributed by atoms with Crippen molar-refractivity contribution in [2.75, 3.05) is 6.26 Å². The van der Waals surface area contributed by atoms with Crippen LogP contribution in [0.5, 0.6) is 0 Å². The highest BCUT2D eigenvalue weighted by molar-refractivity contribution is 7.96. The lowest BCUT2D eigenvalue weighted by molar-refractivity contribution is 1.38. The predicted molar refractivity (Wildman–Crippen MR) is 40.0 cm³/mol. The fourth-order valence-corrected chi connectivity index (χ4v) is 0.425. The minimum atomic E-state index is 1.54. The van der Waals surface area contributed by atoms with Crippen molar-refractivity contribution in [2.24, 2.45) is 4.99 Å². The molecule has 0 radical (unpaired) electrons. The van der Waals surface area contributed by atoms with Gasteiger partial charge in [0.25, 0.3) is 0 Å². The molecule has 2 nitrogen and oxygen atoms in total. The van der Waals surface area contributed by atoms with Crippen molar-refractivity contribution in [3.63, 3.8) is 0 Å². The van der Waals surface area contributed by atoms with E-state index in [1.54, 1.807) is 30.6 Å². The number of nitrogens with one attached hydrogen (secondary N) is 1. The Morgan fingerprint density at radius 3 is 2.88 bits per heavy atom. The van der Waals surface area contributed by atoms with Crippen molar-refractivity contribution >= 4 is 18.2 Å². The molecule has 8 heavy (non-hydrogen) atoms. The molecule has 0 aromatic rings. The van der Waals surface area contributed by atoms with Gasteiger partial charge in [0.15, 0.2) is 0 Å². The van der Waals surface area contributed by atoms with Crippen LogP contribution in [0.3, 0.4) is 0 Å². The molecule has 0 aliphatic heterocycles. The van der Waals surface area contributed by atoms with Gasteiger partial charge in [-0.3, -0.25) is 4.99 Å². The van der Waals surface area contributed by atoms with Crippen LogP contribution in [0.25, 0.3) is 0 Å². The summed E-state index contributed by atoms with van der Waals surface area (Å²) in [5.41, 5.74) is 0. The van der Waals surface area contributed by atoms with Gasteiger partial charge in [0.05, 0.1) is 0 Å². The van der Waals surface area contributed by atoms with Gasteiger partial charge < -0.3 is 4.72 Å². The summed E-state index contributed by atoms with van der Waals surface area (Å²) >= 11 is 1.54. The minimum Gasteiger partial charge on any atom is -0.335 e. The molecular weight excluding hydrogens is 120 g/mol. The number of nitrogens with zero attached hydrogens (tertiary/aromatic N) is 1. The largest absolute Gasteiger partial charge is 0.335 e. The summed E-state index contributed by atoms with van der Waals surface area (Å²) in [4.78, 5) is 3.83. The Labute approximate surface area is 54.2 Å². The van der Waals surface area contributed by atoms with Crippen LogP contribution in [0.15, 0.2) is 17.4 Å². The third-order valence-electron chi connectivity index (χ3n) is 0.496. The number of hydrogen-bond donors (Lipinski definition) is 1. The van der Waals surface area contributed by atoms with Gasteiger partial charge in [-0.05, 0) is 6.92 Å². The molecular formula is C5H10N2S. The maximum Gasteiger partial charge on any atom is 0.0429 e. The fourth-order valence-electron chi connectivity index (χ4n) is 0.228. The van der Waals surface area contributed by atoms with Gasteiger partial charge in [0, 0.05) is 24.9 Å². The smallest absolute Gasteiger partial charge is 0.0429 e. The van der Waals surface area contributed by atoms with E-state index in [9.17, 15) is 0 Å². The second kappa shape index (κ2) is 6.56. The van der Waals surface area contributed by atoms with Gasteiger partial charge in [0.1, 0.15) is 0 Å². The van der Waals surface area contributed by atoms with Gasteiger partial charge >= 0.3 is 0 Å². The highest BCUT2D eigenvalue weighted by atomic mass is 32.2. The van der Waals surface area contributed by atoms with Crippen LogP contribution in [0.2, 0.25) is 0 Å². The Morgan fingerprint density at radius 2 is 2.38 bits per heavy atom. The van der Waals surface area contributed by atoms with Gasteiger partial charge in [-0.2, -0.15) is 0 Å². The lowest BCUT2D eigenvalue weighted by Gasteiger charge is -1.85. The first kappa shape index (κ1) is 7.56. The maximum absolute atomic E-state index is 3.83. The zero-order valence-electron chi connectivity index (χ0n) is 5.09. The van der Waals surface area contributed by atoms with E-state index in [1.807, 2.05) is 13.2 Å². The Bertz CT molecular complexity index is 88.4. The molecule has 0 atom stereocenters. The van der Waals surface area contributed by atoms with Gasteiger partial charge in [-0.25, -0.2) is 0 Å². The van der Waals surface area contributed by atoms with Crippen LogP contribution in [0, 0.1) is 0 Å². The highest BCUT2D eigenvalue weighted by Gasteiger charge is 1.62. The summed E-state index contributed by atoms with van der Waals surface area (Å²) < 4.78 is 2.91. The molecule has 46 valence electrons. The molecule has 0 aliphatic rings. The topological polar surface area (TPSA) is 24.4 Å². The molecule has 0 fully saturated rings. The lowest BCUT2D eigenvalue weighted by Crippen LogP contribution is -1.85. The molecule has 0 spiro atoms. The molecule has 0 saturated heterocycles. The van der Waals surface area contributed by atoms with Crippen molar-refractivity contribution < 1.29 is 0 Å². The molecule has 0 bridgehead atoms. The van der Waals surface area contributed by atoms with E-state index < -0.39 is 0 Å². The normalized spacial score (nSPS) is 11.2. The van der Waals surface area contributed by atoms with E-state index in [2.05, 4.69) is 9.71 Å². The molecule has 0 unspecified atom stereocenters. The molecule has 1 N–H and O–H groups in total. The average molecular weight is 130 g/mol. The predicted octanol–water partition coefficient (Wildman–Crippen LogP) is 1.42. The molecule has 0 aliphatic carbocycles. The number of aliphatic imine (C=N–C) groups is 1. The SMILES string of the molecule is CC=N/C=C\NSC. The van der Waals surface area contributed by atoms with Crippen LogP contribution in [-0.2, 0) is 0 Å². The summed E-state index contributed by atoms with van der Waals surface area (Å²) in [6.07, 6.45) is 7.18. The van der Waals surface area contributed by atoms with E-state index in [4.69, 9.17) is 0 Å². The van der Waals surface area contributed by atoms with Crippen molar-refractivity contribution in [3.05, 3.63) is 12.4 Å². The highest BCUT2D eigenvalue weighted by Crippen LogP contribution is 1.80. The summed E-state index contributed by atoms with van der Waals surface area (Å²) in [5.74, 6) is 0. The van der Waals surface area contributed by atoms with E-state index in [1.165, 1.54) is 0 Å². The summed E-state index contributed by atoms with van der Waals surface area (Å²) in [7, 11) is 0. The number of hydrogen-bond acceptors (Lipinski definition) is 3. The third kappa shape index (κ3) is 5.56. The van der Waals surface area contributed by atoms with Crippen LogP contribution in [-0.4, -0.2) is 12.5 Å². The molecule has 0 amide bonds. The first-order valence-electron chi connectivity index (χ1n) is 2.33. The zero-order valence-corrected chi connectivity index (χ0v) is 5.90. The Morgan fingerprint density at radius 1 is 1.62 bits per heavy atom. The van der Waals surface area contributed by atoms with Crippen LogP contribution < -0.4 is 4.72 Å². The van der Waals surface area contributed by atoms with E-state index in [0.29, 0.717) is 0 Å². The van der Waals surface area contributed by atoms with Crippen molar-refractivity contribution in [1.29, 1.82) is 0 Å². The molecule has 3 heteroatoms. The van der Waals surface area contributed by atoms with Crippen LogP contribution >= 0.6 is 11.9 Å². The van der Waals surface area contributed by atoms with Crippen molar-refractivity contribution in [3.8, 4) is 0 Å². The van der Waals surface area contributed by atoms with E-state index >= 15 is 0 Å². The molecule has 0 aromatic heterocycles. The second-order valence-corrected chi connectivity index (χ2v) is 1.69. The lowest BCUT2D eigenvalue weighted by atomic mass is 10.8. The Hall–Kier alpha value is -0.440. The molecule has 0 rings (SSSR count). The average Bonchev–Trinajstić information content (AvgIpc) is 1.81. The summed E-state index contributed by atoms with van der Waals surface area (Å²) in [6.45, 7) is 1.88. The Kier molecular flexibility index (Phi) is 6.20. The summed E-state index contributed by atoms with van der Waals surface area (Å²) in [5, 5.41) is 0. The van der Waals surface area contributed by atoms with Crippen LogP contribution in [0.1, 0.15) is 6.92 Å². The van der Waals surface area contributed by atoms with E-state index in [0.717, 1.165) is 0 Å². The zero-order chi connectivity index (χ0) is 6.24. The van der Waals surface area contributed by atoms with Crippen LogP contribution in [0.4, 0.5) is 0 Å². The third-order valence-corrected chi connectivity index (χ3v) is 0.867. The fraction of sp³-hybridized carbons (Fsp3) is 0.400. The monoisotopic (exact) mass is 130 g/mol. The van der Waals surface area contributed by atoms with Gasteiger partial charge in [-0.15, -0.1) is 0 Å². The minimum absolute atomic E-state index is 1.54. The first-order chi connectivity index (χ1) is 3.91. The second-order valence-electron chi connectivity index (χ2n) is 1.04. The van der Waals surface area contributed by atoms with Crippen molar-refractivity contribution in [2.45, 2.75) is 6.92 Å². The van der Waals surface area contributed by atoms with Crippen molar-refractivity contribution in [1.82, 2.24) is 4.72 Å². The quantitative estimate of drug-likeness (QED) is 0.461. The van der Waals surface area contributed by atoms with Gasteiger partial charge in [-0.1, -0.05) is 11.9 Å². The maximum atomic E-state index is 3.83. The van der Waals surface area contributed by atoms with E-state index in [-0.39, 0.29) is 0 Å². The first-order valence-corrected chi connectivity index (χ1v) is 3.55.